The summed E-state index contributed by atoms with van der Waals surface area (Å²) < 4.78 is 0. The van der Waals surface area contributed by atoms with Crippen LogP contribution in [0.4, 0.5) is 0 Å². The van der Waals surface area contributed by atoms with Gasteiger partial charge in [0.15, 0.2) is 0 Å². The molecule has 1 nitrogen and oxygen atoms in total. The molecule has 0 aliphatic heterocycles. The molecule has 1 atom stereocenters. The van der Waals surface area contributed by atoms with E-state index in [1.54, 1.807) is 0 Å². The van der Waals surface area contributed by atoms with Crippen molar-refractivity contribution in [2.24, 2.45) is 11.3 Å². The van der Waals surface area contributed by atoms with Crippen LogP contribution in [0.5, 0.6) is 0 Å². The Kier molecular flexibility index (Phi) is 3.67. The Morgan fingerprint density at radius 2 is 2.13 bits per heavy atom. The first kappa shape index (κ1) is 12.0. The second kappa shape index (κ2) is 4.61. The van der Waals surface area contributed by atoms with Crippen LogP contribution in [0.1, 0.15) is 34.1 Å². The molecule has 1 aliphatic rings. The molecule has 0 radical (unpaired) electrons. The van der Waals surface area contributed by atoms with Gasteiger partial charge in [-0.1, -0.05) is 43.7 Å². The van der Waals surface area contributed by atoms with Gasteiger partial charge in [-0.05, 0) is 31.3 Å². The van der Waals surface area contributed by atoms with Gasteiger partial charge in [0.05, 0.1) is 0 Å². The smallest absolute Gasteiger partial charge is 0.126 e. The minimum Gasteiger partial charge on any atom is -0.303 e. The highest BCUT2D eigenvalue weighted by atomic mass is 16.1. The molecule has 1 aliphatic carbocycles. The van der Waals surface area contributed by atoms with E-state index < -0.39 is 0 Å². The summed E-state index contributed by atoms with van der Waals surface area (Å²) in [5, 5.41) is 0. The maximum Gasteiger partial charge on any atom is 0.126 e. The topological polar surface area (TPSA) is 17.1 Å². The van der Waals surface area contributed by atoms with Crippen LogP contribution in [0.3, 0.4) is 0 Å². The van der Waals surface area contributed by atoms with Crippen LogP contribution in [0.2, 0.25) is 0 Å². The lowest BCUT2D eigenvalue weighted by atomic mass is 9.69. The fraction of sp³-hybridized carbons (Fsp3) is 0.500. The summed E-state index contributed by atoms with van der Waals surface area (Å²) in [5.74, 6) is 0.0859. The van der Waals surface area contributed by atoms with E-state index in [-0.39, 0.29) is 11.3 Å². The van der Waals surface area contributed by atoms with Crippen molar-refractivity contribution in [3.63, 3.8) is 0 Å². The molecule has 1 unspecified atom stereocenters. The summed E-state index contributed by atoms with van der Waals surface area (Å²) in [5.41, 5.74) is 2.68. The molecule has 1 rings (SSSR count). The van der Waals surface area contributed by atoms with E-state index in [0.29, 0.717) is 0 Å². The van der Waals surface area contributed by atoms with E-state index in [9.17, 15) is 4.79 Å². The van der Waals surface area contributed by atoms with Gasteiger partial charge >= 0.3 is 0 Å². The van der Waals surface area contributed by atoms with E-state index in [4.69, 9.17) is 0 Å². The SMILES string of the molecule is CC=CC=C1C(C)=CC(C=O)CC1(C)C. The van der Waals surface area contributed by atoms with Gasteiger partial charge < -0.3 is 4.79 Å². The number of carbonyl (C=O) groups is 1. The fourth-order valence-corrected chi connectivity index (χ4v) is 2.34. The van der Waals surface area contributed by atoms with Gasteiger partial charge in [0.2, 0.25) is 0 Å². The molecule has 0 amide bonds. The van der Waals surface area contributed by atoms with Gasteiger partial charge in [0, 0.05) is 5.92 Å². The minimum absolute atomic E-state index is 0.0859. The molecule has 0 heterocycles. The lowest BCUT2D eigenvalue weighted by Gasteiger charge is -2.34. The van der Waals surface area contributed by atoms with E-state index in [0.717, 1.165) is 12.7 Å². The zero-order valence-corrected chi connectivity index (χ0v) is 10.1. The van der Waals surface area contributed by atoms with Crippen LogP contribution >= 0.6 is 0 Å². The average molecular weight is 204 g/mol. The van der Waals surface area contributed by atoms with E-state index in [1.807, 2.05) is 13.0 Å². The van der Waals surface area contributed by atoms with Gasteiger partial charge in [-0.25, -0.2) is 0 Å². The van der Waals surface area contributed by atoms with Crippen molar-refractivity contribution < 1.29 is 4.79 Å². The highest BCUT2D eigenvalue weighted by Crippen LogP contribution is 2.42. The molecule has 0 N–H and O–H groups in total. The van der Waals surface area contributed by atoms with Crippen LogP contribution in [0.15, 0.2) is 35.5 Å². The quantitative estimate of drug-likeness (QED) is 0.627. The number of rotatable bonds is 2. The summed E-state index contributed by atoms with van der Waals surface area (Å²) in [4.78, 5) is 10.8. The Hall–Kier alpha value is -1.11. The standard InChI is InChI=1S/C14H20O/c1-5-6-7-13-11(2)8-12(10-15)9-14(13,3)4/h5-8,10,12H,9H2,1-4H3. The molecule has 0 fully saturated rings. The maximum atomic E-state index is 10.8. The fourth-order valence-electron chi connectivity index (χ4n) is 2.34. The number of allylic oxidation sites excluding steroid dienone is 6. The molecule has 0 saturated carbocycles. The summed E-state index contributed by atoms with van der Waals surface area (Å²) in [6, 6.07) is 0. The van der Waals surface area contributed by atoms with Crippen molar-refractivity contribution in [3.8, 4) is 0 Å². The summed E-state index contributed by atoms with van der Waals surface area (Å²) >= 11 is 0. The van der Waals surface area contributed by atoms with E-state index in [2.05, 4.69) is 39.0 Å². The van der Waals surface area contributed by atoms with Crippen LogP contribution in [0.25, 0.3) is 0 Å². The molecule has 82 valence electrons. The molecule has 15 heavy (non-hydrogen) atoms. The molecule has 0 spiro atoms. The average Bonchev–Trinajstić information content (AvgIpc) is 2.15. The third-order valence-electron chi connectivity index (χ3n) is 2.99. The van der Waals surface area contributed by atoms with E-state index >= 15 is 0 Å². The molecule has 0 saturated heterocycles. The van der Waals surface area contributed by atoms with Gasteiger partial charge in [-0.15, -0.1) is 0 Å². The molecular weight excluding hydrogens is 184 g/mol. The zero-order chi connectivity index (χ0) is 11.5. The van der Waals surface area contributed by atoms with Crippen molar-refractivity contribution in [2.75, 3.05) is 0 Å². The molecular formula is C14H20O. The molecule has 0 aromatic carbocycles. The molecule has 0 aromatic rings. The van der Waals surface area contributed by atoms with E-state index in [1.165, 1.54) is 11.1 Å². The second-order valence-corrected chi connectivity index (χ2v) is 4.84. The van der Waals surface area contributed by atoms with Crippen molar-refractivity contribution in [2.45, 2.75) is 34.1 Å². The Morgan fingerprint density at radius 3 is 2.60 bits per heavy atom. The number of hydrogen-bond acceptors (Lipinski definition) is 1. The van der Waals surface area contributed by atoms with Crippen molar-refractivity contribution in [1.82, 2.24) is 0 Å². The lowest BCUT2D eigenvalue weighted by molar-refractivity contribution is -0.110. The molecule has 0 bridgehead atoms. The Labute approximate surface area is 92.6 Å². The van der Waals surface area contributed by atoms with Crippen LogP contribution in [0, 0.1) is 11.3 Å². The first-order valence-corrected chi connectivity index (χ1v) is 5.49. The highest BCUT2D eigenvalue weighted by Gasteiger charge is 2.31. The number of carbonyl (C=O) groups excluding carboxylic acids is 1. The predicted octanol–water partition coefficient (Wildman–Crippen LogP) is 3.68. The van der Waals surface area contributed by atoms with Crippen molar-refractivity contribution in [1.29, 1.82) is 0 Å². The Morgan fingerprint density at radius 1 is 1.47 bits per heavy atom. The van der Waals surface area contributed by atoms with Crippen LogP contribution in [-0.4, -0.2) is 6.29 Å². The van der Waals surface area contributed by atoms with Crippen LogP contribution < -0.4 is 0 Å². The van der Waals surface area contributed by atoms with Gasteiger partial charge in [0.25, 0.3) is 0 Å². The third kappa shape index (κ3) is 2.68. The first-order chi connectivity index (χ1) is 7.01. The largest absolute Gasteiger partial charge is 0.303 e. The predicted molar refractivity (Wildman–Crippen MR) is 64.6 cm³/mol. The lowest BCUT2D eigenvalue weighted by Crippen LogP contribution is -2.24. The second-order valence-electron chi connectivity index (χ2n) is 4.84. The third-order valence-corrected chi connectivity index (χ3v) is 2.99. The van der Waals surface area contributed by atoms with Crippen molar-refractivity contribution in [3.05, 3.63) is 35.5 Å². The summed E-state index contributed by atoms with van der Waals surface area (Å²) in [7, 11) is 0. The van der Waals surface area contributed by atoms with Gasteiger partial charge in [-0.3, -0.25) is 0 Å². The monoisotopic (exact) mass is 204 g/mol. The van der Waals surface area contributed by atoms with Crippen LogP contribution in [-0.2, 0) is 4.79 Å². The van der Waals surface area contributed by atoms with Gasteiger partial charge in [0.1, 0.15) is 6.29 Å². The summed E-state index contributed by atoms with van der Waals surface area (Å²) in [6.07, 6.45) is 10.3. The normalized spacial score (nSPS) is 28.1. The number of aldehydes is 1. The Bertz CT molecular complexity index is 329. The molecule has 0 aromatic heterocycles. The molecule has 1 heteroatoms. The minimum atomic E-state index is 0.0859. The zero-order valence-electron chi connectivity index (χ0n) is 10.1. The summed E-state index contributed by atoms with van der Waals surface area (Å²) in [6.45, 7) is 8.51. The Balaban J connectivity index is 3.10. The highest BCUT2D eigenvalue weighted by molar-refractivity contribution is 5.60. The first-order valence-electron chi connectivity index (χ1n) is 5.49. The number of hydrogen-bond donors (Lipinski definition) is 0. The maximum absolute atomic E-state index is 10.8. The van der Waals surface area contributed by atoms with Crippen molar-refractivity contribution >= 4 is 6.29 Å². The van der Waals surface area contributed by atoms with Gasteiger partial charge in [-0.2, -0.15) is 0 Å².